The summed E-state index contributed by atoms with van der Waals surface area (Å²) in [6, 6.07) is 5.76. The van der Waals surface area contributed by atoms with E-state index >= 15 is 0 Å². The van der Waals surface area contributed by atoms with E-state index in [1.165, 1.54) is 12.0 Å². The Morgan fingerprint density at radius 3 is 2.81 bits per heavy atom. The maximum Gasteiger partial charge on any atom is 0.133 e. The normalized spacial score (nSPS) is 19.9. The minimum absolute atomic E-state index is 0.181. The van der Waals surface area contributed by atoms with Gasteiger partial charge in [0.05, 0.1) is 11.6 Å². The van der Waals surface area contributed by atoms with Gasteiger partial charge in [-0.1, -0.05) is 6.58 Å². The van der Waals surface area contributed by atoms with Crippen molar-refractivity contribution < 1.29 is 9.47 Å². The number of hydrogen-bond donors (Lipinski definition) is 0. The van der Waals surface area contributed by atoms with E-state index in [0.717, 1.165) is 28.8 Å². The van der Waals surface area contributed by atoms with Gasteiger partial charge in [0, 0.05) is 0 Å². The Hall–Kier alpha value is -0.960. The van der Waals surface area contributed by atoms with Crippen molar-refractivity contribution in [1.29, 1.82) is 0 Å². The van der Waals surface area contributed by atoms with Crippen LogP contribution in [0, 0.1) is 0 Å². The summed E-state index contributed by atoms with van der Waals surface area (Å²) in [4.78, 5) is 0. The van der Waals surface area contributed by atoms with E-state index in [2.05, 4.69) is 22.5 Å². The molecule has 0 amide bonds. The van der Waals surface area contributed by atoms with Crippen LogP contribution >= 0.6 is 15.9 Å². The third-order valence-electron chi connectivity index (χ3n) is 2.82. The van der Waals surface area contributed by atoms with Crippen molar-refractivity contribution in [2.24, 2.45) is 0 Å². The molecule has 0 saturated heterocycles. The van der Waals surface area contributed by atoms with Gasteiger partial charge < -0.3 is 9.47 Å². The smallest absolute Gasteiger partial charge is 0.133 e. The summed E-state index contributed by atoms with van der Waals surface area (Å²) >= 11 is 3.44. The van der Waals surface area contributed by atoms with Gasteiger partial charge in [0.25, 0.3) is 0 Å². The molecule has 1 unspecified atom stereocenters. The van der Waals surface area contributed by atoms with Gasteiger partial charge in [-0.15, -0.1) is 0 Å². The first-order chi connectivity index (χ1) is 7.70. The second-order valence-corrected chi connectivity index (χ2v) is 4.81. The van der Waals surface area contributed by atoms with Crippen molar-refractivity contribution in [2.75, 3.05) is 7.11 Å². The van der Waals surface area contributed by atoms with Crippen LogP contribution in [0.25, 0.3) is 0 Å². The summed E-state index contributed by atoms with van der Waals surface area (Å²) in [6.07, 6.45) is 3.52. The lowest BCUT2D eigenvalue weighted by Gasteiger charge is -2.15. The number of halogens is 1. The summed E-state index contributed by atoms with van der Waals surface area (Å²) in [5, 5.41) is 0. The third-order valence-corrected chi connectivity index (χ3v) is 3.44. The molecule has 1 saturated carbocycles. The molecule has 1 aromatic carbocycles. The minimum atomic E-state index is 0.181. The fourth-order valence-electron chi connectivity index (χ4n) is 1.91. The van der Waals surface area contributed by atoms with E-state index in [0.29, 0.717) is 0 Å². The number of rotatable bonds is 3. The third kappa shape index (κ3) is 2.40. The molecule has 0 heterocycles. The van der Waals surface area contributed by atoms with Gasteiger partial charge in [-0.2, -0.15) is 0 Å². The minimum Gasteiger partial charge on any atom is -0.496 e. The molecule has 2 nitrogen and oxygen atoms in total. The van der Waals surface area contributed by atoms with E-state index in [-0.39, 0.29) is 6.10 Å². The first-order valence-corrected chi connectivity index (χ1v) is 6.18. The molecule has 1 aromatic rings. The monoisotopic (exact) mass is 282 g/mol. The van der Waals surface area contributed by atoms with Crippen LogP contribution in [0.3, 0.4) is 0 Å². The lowest BCUT2D eigenvalue weighted by atomic mass is 10.2. The molecule has 86 valence electrons. The molecule has 3 heteroatoms. The predicted octanol–water partition coefficient (Wildman–Crippen LogP) is 3.95. The highest BCUT2D eigenvalue weighted by Gasteiger charge is 2.20. The maximum absolute atomic E-state index is 5.88. The molecule has 1 aliphatic carbocycles. The Labute approximate surface area is 104 Å². The SMILES string of the molecule is C=C1CCCC1Oc1ccc(OC)c(Br)c1. The number of hydrogen-bond acceptors (Lipinski definition) is 2. The second kappa shape index (κ2) is 4.91. The Bertz CT molecular complexity index is 401. The number of methoxy groups -OCH3 is 1. The largest absolute Gasteiger partial charge is 0.496 e. The summed E-state index contributed by atoms with van der Waals surface area (Å²) < 4.78 is 12.0. The Morgan fingerprint density at radius 1 is 1.44 bits per heavy atom. The molecule has 1 atom stereocenters. The first kappa shape index (κ1) is 11.5. The topological polar surface area (TPSA) is 18.5 Å². The lowest BCUT2D eigenvalue weighted by molar-refractivity contribution is 0.244. The molecular formula is C13H15BrO2. The quantitative estimate of drug-likeness (QED) is 0.782. The molecule has 0 aromatic heterocycles. The highest BCUT2D eigenvalue weighted by Crippen LogP contribution is 2.32. The van der Waals surface area contributed by atoms with E-state index in [1.54, 1.807) is 7.11 Å². The van der Waals surface area contributed by atoms with Crippen molar-refractivity contribution >= 4 is 15.9 Å². The van der Waals surface area contributed by atoms with Crippen molar-refractivity contribution in [2.45, 2.75) is 25.4 Å². The summed E-state index contributed by atoms with van der Waals surface area (Å²) in [6.45, 7) is 4.03. The van der Waals surface area contributed by atoms with Gasteiger partial charge in [0.15, 0.2) is 0 Å². The number of ether oxygens (including phenoxy) is 2. The molecule has 0 spiro atoms. The fourth-order valence-corrected chi connectivity index (χ4v) is 2.43. The molecule has 1 fully saturated rings. The lowest BCUT2D eigenvalue weighted by Crippen LogP contribution is -2.12. The first-order valence-electron chi connectivity index (χ1n) is 5.38. The van der Waals surface area contributed by atoms with Crippen LogP contribution in [0.1, 0.15) is 19.3 Å². The molecule has 2 rings (SSSR count). The van der Waals surface area contributed by atoms with E-state index in [4.69, 9.17) is 9.47 Å². The van der Waals surface area contributed by atoms with Gasteiger partial charge in [-0.25, -0.2) is 0 Å². The average Bonchev–Trinajstić information content (AvgIpc) is 2.65. The highest BCUT2D eigenvalue weighted by molar-refractivity contribution is 9.10. The van der Waals surface area contributed by atoms with Gasteiger partial charge in [0.2, 0.25) is 0 Å². The highest BCUT2D eigenvalue weighted by atomic mass is 79.9. The summed E-state index contributed by atoms with van der Waals surface area (Å²) in [7, 11) is 1.65. The Morgan fingerprint density at radius 2 is 2.25 bits per heavy atom. The van der Waals surface area contributed by atoms with Crippen LogP contribution in [0.15, 0.2) is 34.8 Å². The predicted molar refractivity (Wildman–Crippen MR) is 68.1 cm³/mol. The van der Waals surface area contributed by atoms with Crippen LogP contribution in [-0.4, -0.2) is 13.2 Å². The van der Waals surface area contributed by atoms with Gasteiger partial charge in [-0.05, 0) is 59.0 Å². The van der Waals surface area contributed by atoms with Gasteiger partial charge >= 0.3 is 0 Å². The van der Waals surface area contributed by atoms with Crippen LogP contribution in [0.4, 0.5) is 0 Å². The van der Waals surface area contributed by atoms with Crippen molar-refractivity contribution in [3.05, 3.63) is 34.8 Å². The Kier molecular flexibility index (Phi) is 3.54. The van der Waals surface area contributed by atoms with Crippen LogP contribution in [-0.2, 0) is 0 Å². The van der Waals surface area contributed by atoms with Crippen molar-refractivity contribution in [1.82, 2.24) is 0 Å². The zero-order chi connectivity index (χ0) is 11.5. The molecule has 1 aliphatic rings. The molecule has 0 N–H and O–H groups in total. The second-order valence-electron chi connectivity index (χ2n) is 3.95. The van der Waals surface area contributed by atoms with Crippen molar-refractivity contribution in [3.63, 3.8) is 0 Å². The molecule has 0 aliphatic heterocycles. The fraction of sp³-hybridized carbons (Fsp3) is 0.385. The van der Waals surface area contributed by atoms with E-state index in [9.17, 15) is 0 Å². The van der Waals surface area contributed by atoms with Crippen LogP contribution in [0.2, 0.25) is 0 Å². The van der Waals surface area contributed by atoms with Crippen LogP contribution in [0.5, 0.6) is 11.5 Å². The molecular weight excluding hydrogens is 268 g/mol. The van der Waals surface area contributed by atoms with Gasteiger partial charge in [0.1, 0.15) is 17.6 Å². The van der Waals surface area contributed by atoms with E-state index in [1.807, 2.05) is 18.2 Å². The molecule has 0 bridgehead atoms. The number of benzene rings is 1. The van der Waals surface area contributed by atoms with Gasteiger partial charge in [-0.3, -0.25) is 0 Å². The standard InChI is InChI=1S/C13H15BrO2/c1-9-4-3-5-12(9)16-10-6-7-13(15-2)11(14)8-10/h6-8,12H,1,3-5H2,2H3. The molecule has 0 radical (unpaired) electrons. The Balaban J connectivity index is 2.10. The zero-order valence-corrected chi connectivity index (χ0v) is 10.9. The summed E-state index contributed by atoms with van der Waals surface area (Å²) in [5.41, 5.74) is 1.20. The molecule has 16 heavy (non-hydrogen) atoms. The maximum atomic E-state index is 5.88. The van der Waals surface area contributed by atoms with Crippen molar-refractivity contribution in [3.8, 4) is 11.5 Å². The zero-order valence-electron chi connectivity index (χ0n) is 9.33. The van der Waals surface area contributed by atoms with Crippen LogP contribution < -0.4 is 9.47 Å². The average molecular weight is 283 g/mol. The summed E-state index contributed by atoms with van der Waals surface area (Å²) in [5.74, 6) is 1.68. The van der Waals surface area contributed by atoms with E-state index < -0.39 is 0 Å².